The van der Waals surface area contributed by atoms with Crippen molar-refractivity contribution in [3.8, 4) is 0 Å². The maximum absolute atomic E-state index is 3.99. The Labute approximate surface area is 88.0 Å². The monoisotopic (exact) mass is 188 g/mol. The smallest absolute Gasteiger partial charge is 0.0190 e. The van der Waals surface area contributed by atoms with E-state index in [-0.39, 0.29) is 0 Å². The van der Waals surface area contributed by atoms with Gasteiger partial charge in [-0.3, -0.25) is 0 Å². The first-order valence-electron chi connectivity index (χ1n) is 5.09. The van der Waals surface area contributed by atoms with E-state index in [2.05, 4.69) is 38.6 Å². The van der Waals surface area contributed by atoms with Gasteiger partial charge >= 0.3 is 0 Å². The van der Waals surface area contributed by atoms with Crippen molar-refractivity contribution in [3.63, 3.8) is 0 Å². The fourth-order valence-electron chi connectivity index (χ4n) is 1.08. The van der Waals surface area contributed by atoms with E-state index in [0.29, 0.717) is 0 Å². The van der Waals surface area contributed by atoms with Crippen molar-refractivity contribution in [2.45, 2.75) is 27.7 Å². The average molecular weight is 188 g/mol. The highest BCUT2D eigenvalue weighted by molar-refractivity contribution is 5.72. The van der Waals surface area contributed by atoms with Crippen molar-refractivity contribution < 1.29 is 0 Å². The Hall–Kier alpha value is -1.30. The molecule has 0 heterocycles. The molecule has 0 saturated heterocycles. The second-order valence-electron chi connectivity index (χ2n) is 3.11. The number of rotatable bonds is 2. The maximum Gasteiger partial charge on any atom is -0.0190 e. The van der Waals surface area contributed by atoms with Crippen molar-refractivity contribution in [2.24, 2.45) is 0 Å². The van der Waals surface area contributed by atoms with Crippen LogP contribution in [0.2, 0.25) is 0 Å². The summed E-state index contributed by atoms with van der Waals surface area (Å²) in [6.45, 7) is 12.1. The molecule has 14 heavy (non-hydrogen) atoms. The first kappa shape index (κ1) is 12.7. The second-order valence-corrected chi connectivity index (χ2v) is 3.11. The fraction of sp³-hybridized carbons (Fsp3) is 0.286. The Balaban J connectivity index is 0.000000791. The number of benzene rings is 1. The van der Waals surface area contributed by atoms with Gasteiger partial charge in [-0.2, -0.15) is 0 Å². The minimum absolute atomic E-state index is 1.08. The topological polar surface area (TPSA) is 0 Å². The highest BCUT2D eigenvalue weighted by Crippen LogP contribution is 2.14. The third-order valence-corrected chi connectivity index (χ3v) is 1.61. The third kappa shape index (κ3) is 4.66. The molecule has 0 heteroatoms. The van der Waals surface area contributed by atoms with Gasteiger partial charge in [0.15, 0.2) is 0 Å². The van der Waals surface area contributed by atoms with Gasteiger partial charge in [0, 0.05) is 0 Å². The van der Waals surface area contributed by atoms with Crippen LogP contribution in [0.15, 0.2) is 48.6 Å². The van der Waals surface area contributed by atoms with E-state index >= 15 is 0 Å². The molecule has 0 atom stereocenters. The van der Waals surface area contributed by atoms with Crippen molar-refractivity contribution in [2.75, 3.05) is 0 Å². The molecule has 0 nitrogen and oxygen atoms in total. The first-order valence-corrected chi connectivity index (χ1v) is 5.09. The molecule has 76 valence electrons. The van der Waals surface area contributed by atoms with E-state index in [0.717, 1.165) is 5.57 Å². The summed E-state index contributed by atoms with van der Waals surface area (Å²) in [7, 11) is 0. The largest absolute Gasteiger partial charge is 0.0912 e. The minimum Gasteiger partial charge on any atom is -0.0912 e. The Morgan fingerprint density at radius 1 is 1.07 bits per heavy atom. The van der Waals surface area contributed by atoms with Gasteiger partial charge in [-0.05, 0) is 25.0 Å². The molecule has 0 aliphatic heterocycles. The highest BCUT2D eigenvalue weighted by atomic mass is 14.0. The zero-order valence-electron chi connectivity index (χ0n) is 9.67. The molecule has 0 saturated carbocycles. The van der Waals surface area contributed by atoms with Crippen LogP contribution in [-0.4, -0.2) is 0 Å². The molecule has 1 aromatic rings. The molecule has 0 unspecified atom stereocenters. The van der Waals surface area contributed by atoms with Crippen LogP contribution in [0, 0.1) is 0 Å². The molecule has 0 radical (unpaired) electrons. The van der Waals surface area contributed by atoms with E-state index in [1.807, 2.05) is 32.0 Å². The molecular weight excluding hydrogens is 168 g/mol. The molecule has 1 rings (SSSR count). The lowest BCUT2D eigenvalue weighted by atomic mass is 10.1. The van der Waals surface area contributed by atoms with Gasteiger partial charge < -0.3 is 0 Å². The molecular formula is C14H20. The number of hydrogen-bond donors (Lipinski definition) is 0. The van der Waals surface area contributed by atoms with Gasteiger partial charge in [0.05, 0.1) is 0 Å². The standard InChI is InChI=1S/C12H14.C2H6/c1-10(2)9-11(3)12-7-5-4-6-8-12;1-2/h4-9H,3H2,1-2H3;1-2H3. The summed E-state index contributed by atoms with van der Waals surface area (Å²) < 4.78 is 0. The molecule has 0 bridgehead atoms. The van der Waals surface area contributed by atoms with Crippen LogP contribution in [0.1, 0.15) is 33.3 Å². The Bertz CT molecular complexity index is 287. The Morgan fingerprint density at radius 2 is 1.57 bits per heavy atom. The summed E-state index contributed by atoms with van der Waals surface area (Å²) in [6, 6.07) is 10.2. The normalized spacial score (nSPS) is 8.29. The van der Waals surface area contributed by atoms with E-state index < -0.39 is 0 Å². The lowest BCUT2D eigenvalue weighted by Gasteiger charge is -1.99. The maximum atomic E-state index is 3.99. The Kier molecular flexibility index (Phi) is 6.47. The fourth-order valence-corrected chi connectivity index (χ4v) is 1.08. The molecule has 0 aromatic heterocycles. The van der Waals surface area contributed by atoms with E-state index in [9.17, 15) is 0 Å². The highest BCUT2D eigenvalue weighted by Gasteiger charge is 1.92. The molecule has 1 aromatic carbocycles. The first-order chi connectivity index (χ1) is 6.70. The van der Waals surface area contributed by atoms with Crippen LogP contribution in [0.3, 0.4) is 0 Å². The Morgan fingerprint density at radius 3 is 2.00 bits per heavy atom. The number of hydrogen-bond acceptors (Lipinski definition) is 0. The van der Waals surface area contributed by atoms with Crippen molar-refractivity contribution in [3.05, 3.63) is 54.1 Å². The van der Waals surface area contributed by atoms with Crippen molar-refractivity contribution in [1.29, 1.82) is 0 Å². The lowest BCUT2D eigenvalue weighted by molar-refractivity contribution is 1.39. The molecule has 0 amide bonds. The minimum atomic E-state index is 1.08. The van der Waals surface area contributed by atoms with Crippen LogP contribution in [0.4, 0.5) is 0 Å². The van der Waals surface area contributed by atoms with Gasteiger partial charge in [0.1, 0.15) is 0 Å². The van der Waals surface area contributed by atoms with Crippen molar-refractivity contribution >= 4 is 5.57 Å². The molecule has 0 aliphatic rings. The quantitative estimate of drug-likeness (QED) is 0.590. The predicted molar refractivity (Wildman–Crippen MR) is 66.3 cm³/mol. The van der Waals surface area contributed by atoms with Crippen molar-refractivity contribution in [1.82, 2.24) is 0 Å². The number of allylic oxidation sites excluding steroid dienone is 3. The van der Waals surface area contributed by atoms with Crippen LogP contribution < -0.4 is 0 Å². The van der Waals surface area contributed by atoms with Crippen LogP contribution in [0.25, 0.3) is 5.57 Å². The van der Waals surface area contributed by atoms with Crippen LogP contribution >= 0.6 is 0 Å². The van der Waals surface area contributed by atoms with Gasteiger partial charge in [0.25, 0.3) is 0 Å². The van der Waals surface area contributed by atoms with E-state index in [1.54, 1.807) is 0 Å². The lowest BCUT2D eigenvalue weighted by Crippen LogP contribution is -1.77. The molecule has 0 fully saturated rings. The summed E-state index contributed by atoms with van der Waals surface area (Å²) in [6.07, 6.45) is 2.09. The zero-order chi connectivity index (χ0) is 11.0. The van der Waals surface area contributed by atoms with Gasteiger partial charge in [-0.15, -0.1) is 0 Å². The average Bonchev–Trinajstić information content (AvgIpc) is 2.21. The summed E-state index contributed by atoms with van der Waals surface area (Å²) in [5.41, 5.74) is 3.55. The third-order valence-electron chi connectivity index (χ3n) is 1.61. The van der Waals surface area contributed by atoms with Crippen LogP contribution in [-0.2, 0) is 0 Å². The SMILES string of the molecule is C=C(C=C(C)C)c1ccccc1.CC. The van der Waals surface area contributed by atoms with Gasteiger partial charge in [-0.1, -0.05) is 62.4 Å². The van der Waals surface area contributed by atoms with Gasteiger partial charge in [0.2, 0.25) is 0 Å². The van der Waals surface area contributed by atoms with E-state index in [1.165, 1.54) is 11.1 Å². The predicted octanol–water partition coefficient (Wildman–Crippen LogP) is 4.69. The molecule has 0 N–H and O–H groups in total. The van der Waals surface area contributed by atoms with Gasteiger partial charge in [-0.25, -0.2) is 0 Å². The van der Waals surface area contributed by atoms with E-state index in [4.69, 9.17) is 0 Å². The molecule has 0 aliphatic carbocycles. The summed E-state index contributed by atoms with van der Waals surface area (Å²) in [5, 5.41) is 0. The zero-order valence-corrected chi connectivity index (χ0v) is 9.67. The second kappa shape index (κ2) is 7.14. The molecule has 0 spiro atoms. The summed E-state index contributed by atoms with van der Waals surface area (Å²) >= 11 is 0. The summed E-state index contributed by atoms with van der Waals surface area (Å²) in [5.74, 6) is 0. The summed E-state index contributed by atoms with van der Waals surface area (Å²) in [4.78, 5) is 0. The van der Waals surface area contributed by atoms with Crippen LogP contribution in [0.5, 0.6) is 0 Å².